The van der Waals surface area contributed by atoms with Crippen LogP contribution in [0.2, 0.25) is 10.0 Å². The molecule has 4 N–H and O–H groups in total. The Bertz CT molecular complexity index is 1290. The third-order valence-electron chi connectivity index (χ3n) is 4.02. The van der Waals surface area contributed by atoms with Gasteiger partial charge in [0.25, 0.3) is 0 Å². The Hall–Kier alpha value is -1.94. The first-order valence-corrected chi connectivity index (χ1v) is 11.6. The van der Waals surface area contributed by atoms with Gasteiger partial charge in [-0.25, -0.2) is 27.1 Å². The summed E-state index contributed by atoms with van der Waals surface area (Å²) in [6.07, 6.45) is 0. The number of halogens is 2. The van der Waals surface area contributed by atoms with Crippen molar-refractivity contribution in [1.82, 2.24) is 0 Å². The molecule has 0 bridgehead atoms. The second-order valence-electron chi connectivity index (χ2n) is 5.89. The van der Waals surface area contributed by atoms with Gasteiger partial charge in [0.15, 0.2) is 0 Å². The smallest absolute Gasteiger partial charge is 0.225 e. The SMILES string of the molecule is NS(=O)(=O)c1ccccc1-c1cccc(S(N)(=O)=O)c1-c1ccc(Cl)c(Cl)c1. The molecule has 146 valence electrons. The van der Waals surface area contributed by atoms with E-state index in [1.54, 1.807) is 18.2 Å². The summed E-state index contributed by atoms with van der Waals surface area (Å²) in [6, 6.07) is 14.9. The Morgan fingerprint density at radius 1 is 0.643 bits per heavy atom. The van der Waals surface area contributed by atoms with Gasteiger partial charge in [0.2, 0.25) is 20.0 Å². The third kappa shape index (κ3) is 4.07. The molecule has 0 aliphatic heterocycles. The monoisotopic (exact) mass is 456 g/mol. The molecule has 0 aromatic heterocycles. The van der Waals surface area contributed by atoms with Crippen molar-refractivity contribution in [3.8, 4) is 22.3 Å². The molecule has 0 amide bonds. The Kier molecular flexibility index (Phi) is 5.55. The van der Waals surface area contributed by atoms with E-state index in [-0.39, 0.29) is 31.0 Å². The Morgan fingerprint density at radius 2 is 1.21 bits per heavy atom. The molecular weight excluding hydrogens is 443 g/mol. The van der Waals surface area contributed by atoms with Crippen LogP contribution in [0.5, 0.6) is 0 Å². The molecule has 0 heterocycles. The minimum absolute atomic E-state index is 0.150. The molecule has 0 saturated carbocycles. The number of benzene rings is 3. The van der Waals surface area contributed by atoms with Gasteiger partial charge in [-0.2, -0.15) is 0 Å². The maximum Gasteiger partial charge on any atom is 0.238 e. The highest BCUT2D eigenvalue weighted by atomic mass is 35.5. The van der Waals surface area contributed by atoms with E-state index in [1.807, 2.05) is 0 Å². The highest BCUT2D eigenvalue weighted by molar-refractivity contribution is 7.89. The molecule has 0 aliphatic carbocycles. The van der Waals surface area contributed by atoms with Crippen molar-refractivity contribution in [2.75, 3.05) is 0 Å². The van der Waals surface area contributed by atoms with Gasteiger partial charge in [0.1, 0.15) is 0 Å². The fourth-order valence-electron chi connectivity index (χ4n) is 2.88. The molecule has 0 spiro atoms. The molecule has 0 radical (unpaired) electrons. The minimum Gasteiger partial charge on any atom is -0.225 e. The zero-order valence-corrected chi connectivity index (χ0v) is 17.3. The molecule has 28 heavy (non-hydrogen) atoms. The van der Waals surface area contributed by atoms with Crippen LogP contribution in [0.15, 0.2) is 70.5 Å². The largest absolute Gasteiger partial charge is 0.238 e. The predicted molar refractivity (Wildman–Crippen MR) is 110 cm³/mol. The number of sulfonamides is 2. The quantitative estimate of drug-likeness (QED) is 0.622. The fourth-order valence-corrected chi connectivity index (χ4v) is 4.71. The molecule has 0 unspecified atom stereocenters. The lowest BCUT2D eigenvalue weighted by atomic mass is 9.94. The van der Waals surface area contributed by atoms with Crippen LogP contribution in [0.3, 0.4) is 0 Å². The average Bonchev–Trinajstić information content (AvgIpc) is 2.62. The van der Waals surface area contributed by atoms with Gasteiger partial charge >= 0.3 is 0 Å². The summed E-state index contributed by atoms with van der Waals surface area (Å²) in [7, 11) is -8.21. The van der Waals surface area contributed by atoms with Gasteiger partial charge < -0.3 is 0 Å². The topological polar surface area (TPSA) is 120 Å². The molecule has 3 aromatic carbocycles. The van der Waals surface area contributed by atoms with Crippen molar-refractivity contribution in [2.45, 2.75) is 9.79 Å². The summed E-state index contributed by atoms with van der Waals surface area (Å²) < 4.78 is 48.5. The van der Waals surface area contributed by atoms with Crippen LogP contribution in [0, 0.1) is 0 Å². The van der Waals surface area contributed by atoms with Crippen LogP contribution in [-0.4, -0.2) is 16.8 Å². The molecule has 0 aliphatic rings. The van der Waals surface area contributed by atoms with E-state index in [9.17, 15) is 16.8 Å². The summed E-state index contributed by atoms with van der Waals surface area (Å²) in [5.41, 5.74) is 1.14. The number of primary sulfonamides is 2. The molecule has 0 atom stereocenters. The normalized spacial score (nSPS) is 12.1. The first-order valence-electron chi connectivity index (χ1n) is 7.73. The van der Waals surface area contributed by atoms with E-state index in [1.165, 1.54) is 42.5 Å². The molecule has 0 fully saturated rings. The van der Waals surface area contributed by atoms with Gasteiger partial charge in [-0.05, 0) is 35.4 Å². The maximum absolute atomic E-state index is 12.2. The second kappa shape index (κ2) is 7.47. The van der Waals surface area contributed by atoms with Crippen LogP contribution in [0.1, 0.15) is 0 Å². The Morgan fingerprint density at radius 3 is 1.82 bits per heavy atom. The third-order valence-corrected chi connectivity index (χ3v) is 6.69. The lowest BCUT2D eigenvalue weighted by Gasteiger charge is -2.17. The van der Waals surface area contributed by atoms with Gasteiger partial charge in [-0.3, -0.25) is 0 Å². The van der Waals surface area contributed by atoms with Crippen molar-refractivity contribution in [3.63, 3.8) is 0 Å². The first-order chi connectivity index (χ1) is 13.0. The lowest BCUT2D eigenvalue weighted by molar-refractivity contribution is 0.596. The van der Waals surface area contributed by atoms with Gasteiger partial charge in [0.05, 0.1) is 19.8 Å². The zero-order chi connectivity index (χ0) is 20.7. The van der Waals surface area contributed by atoms with Gasteiger partial charge in [0, 0.05) is 11.1 Å². The lowest BCUT2D eigenvalue weighted by Crippen LogP contribution is -2.15. The zero-order valence-electron chi connectivity index (χ0n) is 14.1. The average molecular weight is 457 g/mol. The van der Waals surface area contributed by atoms with Gasteiger partial charge in [-0.15, -0.1) is 0 Å². The number of hydrogen-bond donors (Lipinski definition) is 2. The summed E-state index contributed by atoms with van der Waals surface area (Å²) in [5, 5.41) is 11.2. The minimum atomic E-state index is -4.14. The van der Waals surface area contributed by atoms with Crippen molar-refractivity contribution < 1.29 is 16.8 Å². The van der Waals surface area contributed by atoms with Crippen molar-refractivity contribution in [3.05, 3.63) is 70.7 Å². The van der Waals surface area contributed by atoms with Crippen molar-refractivity contribution in [1.29, 1.82) is 0 Å². The van der Waals surface area contributed by atoms with E-state index in [4.69, 9.17) is 33.5 Å². The predicted octanol–water partition coefficient (Wildman–Crippen LogP) is 3.62. The second-order valence-corrected chi connectivity index (χ2v) is 9.77. The fraction of sp³-hybridized carbons (Fsp3) is 0. The summed E-state index contributed by atoms with van der Waals surface area (Å²) in [5.74, 6) is 0. The van der Waals surface area contributed by atoms with Crippen LogP contribution in [-0.2, 0) is 20.0 Å². The first kappa shape index (κ1) is 20.8. The highest BCUT2D eigenvalue weighted by Crippen LogP contribution is 2.40. The van der Waals surface area contributed by atoms with E-state index in [2.05, 4.69) is 0 Å². The number of nitrogens with two attached hydrogens (primary N) is 2. The van der Waals surface area contributed by atoms with Crippen LogP contribution < -0.4 is 10.3 Å². The summed E-state index contributed by atoms with van der Waals surface area (Å²) in [4.78, 5) is -0.338. The summed E-state index contributed by atoms with van der Waals surface area (Å²) >= 11 is 12.1. The number of rotatable bonds is 4. The highest BCUT2D eigenvalue weighted by Gasteiger charge is 2.23. The summed E-state index contributed by atoms with van der Waals surface area (Å²) in [6.45, 7) is 0. The Labute approximate surface area is 172 Å². The molecule has 3 aromatic rings. The van der Waals surface area contributed by atoms with Crippen molar-refractivity contribution >= 4 is 43.2 Å². The van der Waals surface area contributed by atoms with Crippen LogP contribution >= 0.6 is 23.2 Å². The van der Waals surface area contributed by atoms with Crippen LogP contribution in [0.4, 0.5) is 0 Å². The van der Waals surface area contributed by atoms with Crippen molar-refractivity contribution in [2.24, 2.45) is 10.3 Å². The number of hydrogen-bond acceptors (Lipinski definition) is 4. The van der Waals surface area contributed by atoms with E-state index in [0.717, 1.165) is 0 Å². The van der Waals surface area contributed by atoms with E-state index >= 15 is 0 Å². The molecule has 10 heteroatoms. The molecular formula is C18H14Cl2N2O4S2. The maximum atomic E-state index is 12.2. The Balaban J connectivity index is 2.47. The van der Waals surface area contributed by atoms with Crippen LogP contribution in [0.25, 0.3) is 22.3 Å². The van der Waals surface area contributed by atoms with E-state index in [0.29, 0.717) is 11.1 Å². The standard InChI is InChI=1S/C18H14Cl2N2O4S2/c19-14-9-8-11(10-15(14)20)18-13(5-3-7-17(18)28(22,25)26)12-4-1-2-6-16(12)27(21,23)24/h1-10H,(H2,21,23,24)(H2,22,25,26). The molecule has 0 saturated heterocycles. The molecule has 6 nitrogen and oxygen atoms in total. The van der Waals surface area contributed by atoms with E-state index < -0.39 is 20.0 Å². The molecule has 3 rings (SSSR count). The van der Waals surface area contributed by atoms with Gasteiger partial charge in [-0.1, -0.05) is 59.6 Å².